The fourth-order valence-electron chi connectivity index (χ4n) is 3.58. The maximum absolute atomic E-state index is 12.4. The summed E-state index contributed by atoms with van der Waals surface area (Å²) < 4.78 is 5.07. The van der Waals surface area contributed by atoms with Crippen LogP contribution in [0.3, 0.4) is 0 Å². The molecule has 2 atom stereocenters. The minimum Gasteiger partial charge on any atom is -0.497 e. The highest BCUT2D eigenvalue weighted by molar-refractivity contribution is 5.96. The van der Waals surface area contributed by atoms with Gasteiger partial charge in [-0.1, -0.05) is 0 Å². The second kappa shape index (κ2) is 9.06. The SMILES string of the molecule is COc1ccc(C(=O)NCC(=O)N2CC[C@@H]3CNC[C@@H]3CC2)cc1.Cl. The summed E-state index contributed by atoms with van der Waals surface area (Å²) >= 11 is 0. The molecule has 0 aliphatic carbocycles. The predicted molar refractivity (Wildman–Crippen MR) is 98.2 cm³/mol. The zero-order valence-corrected chi connectivity index (χ0v) is 15.3. The highest BCUT2D eigenvalue weighted by Gasteiger charge is 2.31. The van der Waals surface area contributed by atoms with Crippen LogP contribution in [0.2, 0.25) is 0 Å². The van der Waals surface area contributed by atoms with Gasteiger partial charge in [0.2, 0.25) is 5.91 Å². The average molecular weight is 368 g/mol. The van der Waals surface area contributed by atoms with Crippen LogP contribution in [0.1, 0.15) is 23.2 Å². The Morgan fingerprint density at radius 3 is 2.32 bits per heavy atom. The number of carbonyl (C=O) groups is 2. The molecule has 0 saturated carbocycles. The molecule has 2 N–H and O–H groups in total. The second-order valence-electron chi connectivity index (χ2n) is 6.55. The van der Waals surface area contributed by atoms with Crippen LogP contribution in [0, 0.1) is 11.8 Å². The van der Waals surface area contributed by atoms with Crippen molar-refractivity contribution in [2.45, 2.75) is 12.8 Å². The number of amides is 2. The number of halogens is 1. The molecule has 6 nitrogen and oxygen atoms in total. The summed E-state index contributed by atoms with van der Waals surface area (Å²) in [5, 5.41) is 6.15. The fraction of sp³-hybridized carbons (Fsp3) is 0.556. The van der Waals surface area contributed by atoms with E-state index >= 15 is 0 Å². The van der Waals surface area contributed by atoms with Crippen LogP contribution in [0.25, 0.3) is 0 Å². The quantitative estimate of drug-likeness (QED) is 0.841. The summed E-state index contributed by atoms with van der Waals surface area (Å²) in [7, 11) is 1.58. The van der Waals surface area contributed by atoms with Crippen LogP contribution in [-0.4, -0.2) is 56.5 Å². The molecule has 2 aliphatic rings. The van der Waals surface area contributed by atoms with Gasteiger partial charge in [0.15, 0.2) is 0 Å². The lowest BCUT2D eigenvalue weighted by Gasteiger charge is -2.21. The Morgan fingerprint density at radius 1 is 1.16 bits per heavy atom. The summed E-state index contributed by atoms with van der Waals surface area (Å²) in [6.07, 6.45) is 2.10. The van der Waals surface area contributed by atoms with Gasteiger partial charge >= 0.3 is 0 Å². The molecule has 2 heterocycles. The molecule has 3 rings (SSSR count). The minimum atomic E-state index is -0.234. The van der Waals surface area contributed by atoms with Crippen molar-refractivity contribution in [3.63, 3.8) is 0 Å². The Bertz CT molecular complexity index is 580. The van der Waals surface area contributed by atoms with Gasteiger partial charge in [0.05, 0.1) is 13.7 Å². The lowest BCUT2D eigenvalue weighted by atomic mass is 9.92. The van der Waals surface area contributed by atoms with Gasteiger partial charge in [0.25, 0.3) is 5.91 Å². The predicted octanol–water partition coefficient (Wildman–Crippen LogP) is 1.30. The maximum Gasteiger partial charge on any atom is 0.251 e. The number of benzene rings is 1. The number of rotatable bonds is 4. The Kier molecular flexibility index (Phi) is 7.08. The first kappa shape index (κ1) is 19.5. The fourth-order valence-corrected chi connectivity index (χ4v) is 3.58. The molecule has 2 amide bonds. The van der Waals surface area contributed by atoms with E-state index in [1.165, 1.54) is 0 Å². The van der Waals surface area contributed by atoms with Gasteiger partial charge in [-0.05, 0) is 62.0 Å². The van der Waals surface area contributed by atoms with E-state index in [1.807, 2.05) is 4.90 Å². The molecule has 0 bridgehead atoms. The number of methoxy groups -OCH3 is 1. The van der Waals surface area contributed by atoms with Crippen molar-refractivity contribution >= 4 is 24.2 Å². The van der Waals surface area contributed by atoms with Crippen molar-refractivity contribution < 1.29 is 14.3 Å². The van der Waals surface area contributed by atoms with E-state index in [0.29, 0.717) is 23.1 Å². The Balaban J connectivity index is 0.00000225. The molecule has 7 heteroatoms. The van der Waals surface area contributed by atoms with E-state index < -0.39 is 0 Å². The molecule has 2 fully saturated rings. The number of ether oxygens (including phenoxy) is 1. The molecular weight excluding hydrogens is 342 g/mol. The van der Waals surface area contributed by atoms with Crippen molar-refractivity contribution in [3.05, 3.63) is 29.8 Å². The highest BCUT2D eigenvalue weighted by atomic mass is 35.5. The average Bonchev–Trinajstić information content (AvgIpc) is 2.97. The van der Waals surface area contributed by atoms with Crippen LogP contribution < -0.4 is 15.4 Å². The number of likely N-dealkylation sites (tertiary alicyclic amines) is 1. The number of nitrogens with zero attached hydrogens (tertiary/aromatic N) is 1. The van der Waals surface area contributed by atoms with E-state index in [9.17, 15) is 9.59 Å². The largest absolute Gasteiger partial charge is 0.497 e. The monoisotopic (exact) mass is 367 g/mol. The second-order valence-corrected chi connectivity index (χ2v) is 6.55. The van der Waals surface area contributed by atoms with E-state index in [2.05, 4.69) is 10.6 Å². The van der Waals surface area contributed by atoms with Gasteiger partial charge in [-0.2, -0.15) is 0 Å². The van der Waals surface area contributed by atoms with Gasteiger partial charge in [-0.25, -0.2) is 0 Å². The topological polar surface area (TPSA) is 70.7 Å². The van der Waals surface area contributed by atoms with Crippen LogP contribution >= 0.6 is 12.4 Å². The summed E-state index contributed by atoms with van der Waals surface area (Å²) in [6.45, 7) is 3.78. The first-order valence-electron chi connectivity index (χ1n) is 8.58. The maximum atomic E-state index is 12.4. The molecule has 2 aliphatic heterocycles. The summed E-state index contributed by atoms with van der Waals surface area (Å²) in [5.41, 5.74) is 0.528. The number of hydrogen-bond donors (Lipinski definition) is 2. The van der Waals surface area contributed by atoms with Gasteiger partial charge in [-0.15, -0.1) is 12.4 Å². The Morgan fingerprint density at radius 2 is 1.76 bits per heavy atom. The normalized spacial score (nSPS) is 22.4. The third-order valence-corrected chi connectivity index (χ3v) is 5.12. The van der Waals surface area contributed by atoms with Gasteiger partial charge in [0, 0.05) is 18.7 Å². The van der Waals surface area contributed by atoms with Crippen LogP contribution in [0.5, 0.6) is 5.75 Å². The first-order chi connectivity index (χ1) is 11.7. The van der Waals surface area contributed by atoms with Gasteiger partial charge in [-0.3, -0.25) is 9.59 Å². The number of nitrogens with one attached hydrogen (secondary N) is 2. The van der Waals surface area contributed by atoms with Crippen molar-refractivity contribution in [2.24, 2.45) is 11.8 Å². The van der Waals surface area contributed by atoms with E-state index in [-0.39, 0.29) is 30.8 Å². The third-order valence-electron chi connectivity index (χ3n) is 5.12. The minimum absolute atomic E-state index is 0. The molecule has 0 unspecified atom stereocenters. The number of hydrogen-bond acceptors (Lipinski definition) is 4. The van der Waals surface area contributed by atoms with E-state index in [4.69, 9.17) is 4.74 Å². The molecular formula is C18H26ClN3O3. The molecule has 0 radical (unpaired) electrons. The van der Waals surface area contributed by atoms with Gasteiger partial charge in [0.1, 0.15) is 5.75 Å². The molecule has 1 aromatic carbocycles. The first-order valence-corrected chi connectivity index (χ1v) is 8.58. The Labute approximate surface area is 154 Å². The molecule has 0 spiro atoms. The smallest absolute Gasteiger partial charge is 0.251 e. The molecule has 138 valence electrons. The third kappa shape index (κ3) is 4.86. The molecule has 25 heavy (non-hydrogen) atoms. The summed E-state index contributed by atoms with van der Waals surface area (Å²) in [5.74, 6) is 1.85. The Hall–Kier alpha value is -1.79. The summed E-state index contributed by atoms with van der Waals surface area (Å²) in [4.78, 5) is 26.4. The molecule has 0 aromatic heterocycles. The molecule has 1 aromatic rings. The van der Waals surface area contributed by atoms with Crippen molar-refractivity contribution in [3.8, 4) is 5.75 Å². The van der Waals surface area contributed by atoms with Crippen molar-refractivity contribution in [1.29, 1.82) is 0 Å². The van der Waals surface area contributed by atoms with Crippen molar-refractivity contribution in [2.75, 3.05) is 39.8 Å². The van der Waals surface area contributed by atoms with Crippen LogP contribution in [0.4, 0.5) is 0 Å². The highest BCUT2D eigenvalue weighted by Crippen LogP contribution is 2.26. The zero-order chi connectivity index (χ0) is 16.9. The number of carbonyl (C=O) groups excluding carboxylic acids is 2. The lowest BCUT2D eigenvalue weighted by molar-refractivity contribution is -0.130. The summed E-state index contributed by atoms with van der Waals surface area (Å²) in [6, 6.07) is 6.86. The van der Waals surface area contributed by atoms with E-state index in [0.717, 1.165) is 39.0 Å². The molecule has 2 saturated heterocycles. The lowest BCUT2D eigenvalue weighted by Crippen LogP contribution is -2.41. The standard InChI is InChI=1S/C18H25N3O3.ClH/c1-24-16-4-2-13(3-5-16)18(23)20-12-17(22)21-8-6-14-10-19-11-15(14)7-9-21;/h2-5,14-15,19H,6-12H2,1H3,(H,20,23);1H/t14-,15+;. The van der Waals surface area contributed by atoms with Gasteiger partial charge < -0.3 is 20.3 Å². The zero-order valence-electron chi connectivity index (χ0n) is 14.5. The van der Waals surface area contributed by atoms with E-state index in [1.54, 1.807) is 31.4 Å². The van der Waals surface area contributed by atoms with Crippen molar-refractivity contribution in [1.82, 2.24) is 15.5 Å². The number of fused-ring (bicyclic) bond motifs is 1. The van der Waals surface area contributed by atoms with Crippen LogP contribution in [-0.2, 0) is 4.79 Å². The van der Waals surface area contributed by atoms with Crippen LogP contribution in [0.15, 0.2) is 24.3 Å².